The minimum Gasteiger partial charge on any atom is -0.389 e. The molecule has 1 unspecified atom stereocenters. The van der Waals surface area contributed by atoms with Gasteiger partial charge in [-0.25, -0.2) is 0 Å². The number of carbonyl (C=O) groups excluding carboxylic acids is 2. The molecule has 6 heteroatoms. The Morgan fingerprint density at radius 1 is 1.04 bits per heavy atom. The fourth-order valence-corrected chi connectivity index (χ4v) is 3.30. The maximum Gasteiger partial charge on any atom is 0.253 e. The molecule has 0 aromatic heterocycles. The Labute approximate surface area is 159 Å². The van der Waals surface area contributed by atoms with Crippen molar-refractivity contribution in [2.45, 2.75) is 13.0 Å². The number of amides is 2. The first-order chi connectivity index (χ1) is 12.9. The van der Waals surface area contributed by atoms with Crippen LogP contribution >= 0.6 is 0 Å². The second-order valence-corrected chi connectivity index (χ2v) is 6.91. The van der Waals surface area contributed by atoms with Crippen LogP contribution in [0.4, 0.5) is 0 Å². The maximum atomic E-state index is 12.7. The third-order valence-corrected chi connectivity index (χ3v) is 4.87. The van der Waals surface area contributed by atoms with Crippen LogP contribution in [-0.2, 0) is 4.79 Å². The molecule has 2 amide bonds. The molecule has 3 rings (SSSR count). The zero-order valence-electron chi connectivity index (χ0n) is 15.5. The van der Waals surface area contributed by atoms with Crippen molar-refractivity contribution in [3.63, 3.8) is 0 Å². The Bertz CT molecular complexity index is 810. The lowest BCUT2D eigenvalue weighted by atomic mass is 10.00. The summed E-state index contributed by atoms with van der Waals surface area (Å²) in [5.41, 5.74) is 8.74. The maximum absolute atomic E-state index is 12.7. The molecule has 1 heterocycles. The largest absolute Gasteiger partial charge is 0.389 e. The summed E-state index contributed by atoms with van der Waals surface area (Å²) in [4.78, 5) is 27.5. The number of benzene rings is 2. The van der Waals surface area contributed by atoms with Crippen LogP contribution in [0.2, 0.25) is 0 Å². The molecule has 6 nitrogen and oxygen atoms in total. The molecule has 3 N–H and O–H groups in total. The summed E-state index contributed by atoms with van der Waals surface area (Å²) in [5.74, 6) is -0.344. The van der Waals surface area contributed by atoms with Crippen LogP contribution in [0.3, 0.4) is 0 Å². The first-order valence-electron chi connectivity index (χ1n) is 9.12. The van der Waals surface area contributed by atoms with E-state index in [9.17, 15) is 14.7 Å². The number of rotatable bonds is 5. The Morgan fingerprint density at radius 3 is 2.30 bits per heavy atom. The number of hydrogen-bond donors (Lipinski definition) is 2. The smallest absolute Gasteiger partial charge is 0.253 e. The van der Waals surface area contributed by atoms with Gasteiger partial charge in [0.15, 0.2) is 0 Å². The Balaban J connectivity index is 1.66. The number of aliphatic hydroxyl groups is 1. The number of nitrogens with zero attached hydrogens (tertiary/aromatic N) is 2. The van der Waals surface area contributed by atoms with Crippen molar-refractivity contribution in [1.82, 2.24) is 9.80 Å². The molecular formula is C21H25N3O3. The number of nitrogens with two attached hydrogens (primary N) is 1. The van der Waals surface area contributed by atoms with E-state index in [0.717, 1.165) is 16.7 Å². The van der Waals surface area contributed by atoms with Gasteiger partial charge in [0.2, 0.25) is 5.91 Å². The predicted octanol–water partition coefficient (Wildman–Crippen LogP) is 1.65. The second-order valence-electron chi connectivity index (χ2n) is 6.91. The SMILES string of the molecule is CC(O)c1cccc(-c2ccc(C(=O)N3CCN(CC(N)=O)CC3)cc2)c1. The monoisotopic (exact) mass is 367 g/mol. The van der Waals surface area contributed by atoms with E-state index in [2.05, 4.69) is 0 Å². The zero-order chi connectivity index (χ0) is 19.4. The average molecular weight is 367 g/mol. The number of piperazine rings is 1. The Hall–Kier alpha value is -2.70. The van der Waals surface area contributed by atoms with Crippen LogP contribution in [0.15, 0.2) is 48.5 Å². The van der Waals surface area contributed by atoms with Crippen molar-refractivity contribution in [1.29, 1.82) is 0 Å². The lowest BCUT2D eigenvalue weighted by molar-refractivity contribution is -0.119. The highest BCUT2D eigenvalue weighted by atomic mass is 16.3. The first kappa shape index (κ1) is 19.1. The summed E-state index contributed by atoms with van der Waals surface area (Å²) >= 11 is 0. The van der Waals surface area contributed by atoms with Crippen LogP contribution in [0.1, 0.15) is 28.9 Å². The molecule has 0 saturated carbocycles. The van der Waals surface area contributed by atoms with Crippen LogP contribution in [-0.4, -0.2) is 59.4 Å². The standard InChI is InChI=1S/C21H25N3O3/c1-15(25)18-3-2-4-19(13-18)16-5-7-17(8-6-16)21(27)24-11-9-23(10-12-24)14-20(22)26/h2-8,13,15,25H,9-12,14H2,1H3,(H2,22,26). The van der Waals surface area contributed by atoms with Gasteiger partial charge < -0.3 is 15.7 Å². The van der Waals surface area contributed by atoms with E-state index in [1.165, 1.54) is 0 Å². The molecule has 1 aliphatic heterocycles. The molecule has 2 aromatic rings. The van der Waals surface area contributed by atoms with E-state index in [4.69, 9.17) is 5.73 Å². The van der Waals surface area contributed by atoms with E-state index in [-0.39, 0.29) is 18.4 Å². The van der Waals surface area contributed by atoms with Crippen LogP contribution in [0, 0.1) is 0 Å². The number of carbonyl (C=O) groups is 2. The van der Waals surface area contributed by atoms with Gasteiger partial charge in [-0.1, -0.05) is 30.3 Å². The van der Waals surface area contributed by atoms with Gasteiger partial charge in [0.25, 0.3) is 5.91 Å². The fraction of sp³-hybridized carbons (Fsp3) is 0.333. The third kappa shape index (κ3) is 4.72. The Morgan fingerprint density at radius 2 is 1.70 bits per heavy atom. The average Bonchev–Trinajstić information content (AvgIpc) is 2.68. The number of aliphatic hydroxyl groups excluding tert-OH is 1. The molecule has 0 spiro atoms. The molecule has 1 saturated heterocycles. The van der Waals surface area contributed by atoms with Gasteiger partial charge in [0.05, 0.1) is 12.6 Å². The molecule has 0 aliphatic carbocycles. The van der Waals surface area contributed by atoms with Crippen LogP contribution in [0.5, 0.6) is 0 Å². The van der Waals surface area contributed by atoms with Gasteiger partial charge in [0.1, 0.15) is 0 Å². The summed E-state index contributed by atoms with van der Waals surface area (Å²) in [7, 11) is 0. The van der Waals surface area contributed by atoms with Crippen molar-refractivity contribution < 1.29 is 14.7 Å². The molecule has 0 bridgehead atoms. The summed E-state index contributed by atoms with van der Waals surface area (Å²) in [6, 6.07) is 15.3. The van der Waals surface area contributed by atoms with E-state index in [0.29, 0.717) is 31.7 Å². The predicted molar refractivity (Wildman–Crippen MR) is 104 cm³/mol. The summed E-state index contributed by atoms with van der Waals surface area (Å²) in [6.07, 6.45) is -0.515. The fourth-order valence-electron chi connectivity index (χ4n) is 3.30. The molecular weight excluding hydrogens is 342 g/mol. The van der Waals surface area contributed by atoms with Crippen LogP contribution in [0.25, 0.3) is 11.1 Å². The quantitative estimate of drug-likeness (QED) is 0.841. The van der Waals surface area contributed by atoms with E-state index >= 15 is 0 Å². The third-order valence-electron chi connectivity index (χ3n) is 4.87. The molecule has 1 fully saturated rings. The molecule has 1 aliphatic rings. The normalized spacial score (nSPS) is 16.1. The van der Waals surface area contributed by atoms with Crippen molar-refractivity contribution >= 4 is 11.8 Å². The van der Waals surface area contributed by atoms with E-state index in [1.54, 1.807) is 11.8 Å². The zero-order valence-corrected chi connectivity index (χ0v) is 15.5. The van der Waals surface area contributed by atoms with Gasteiger partial charge in [-0.3, -0.25) is 14.5 Å². The summed E-state index contributed by atoms with van der Waals surface area (Å²) in [5, 5.41) is 9.74. The van der Waals surface area contributed by atoms with Gasteiger partial charge in [-0.15, -0.1) is 0 Å². The van der Waals surface area contributed by atoms with Crippen molar-refractivity contribution in [2.75, 3.05) is 32.7 Å². The van der Waals surface area contributed by atoms with Gasteiger partial charge in [-0.2, -0.15) is 0 Å². The highest BCUT2D eigenvalue weighted by Gasteiger charge is 2.22. The Kier molecular flexibility index (Phi) is 5.88. The minimum atomic E-state index is -0.515. The van der Waals surface area contributed by atoms with E-state index in [1.807, 2.05) is 53.4 Å². The van der Waals surface area contributed by atoms with Gasteiger partial charge >= 0.3 is 0 Å². The molecule has 27 heavy (non-hydrogen) atoms. The summed E-state index contributed by atoms with van der Waals surface area (Å²) in [6.45, 7) is 4.46. The second kappa shape index (κ2) is 8.33. The highest BCUT2D eigenvalue weighted by Crippen LogP contribution is 2.24. The van der Waals surface area contributed by atoms with Gasteiger partial charge in [-0.05, 0) is 41.8 Å². The first-order valence-corrected chi connectivity index (χ1v) is 9.12. The molecule has 2 aromatic carbocycles. The van der Waals surface area contributed by atoms with Crippen LogP contribution < -0.4 is 5.73 Å². The molecule has 0 radical (unpaired) electrons. The molecule has 1 atom stereocenters. The van der Waals surface area contributed by atoms with Crippen molar-refractivity contribution in [3.05, 3.63) is 59.7 Å². The lowest BCUT2D eigenvalue weighted by Crippen LogP contribution is -2.50. The lowest BCUT2D eigenvalue weighted by Gasteiger charge is -2.34. The number of hydrogen-bond acceptors (Lipinski definition) is 4. The molecule has 142 valence electrons. The topological polar surface area (TPSA) is 86.9 Å². The van der Waals surface area contributed by atoms with E-state index < -0.39 is 6.10 Å². The van der Waals surface area contributed by atoms with Crippen molar-refractivity contribution in [3.8, 4) is 11.1 Å². The highest BCUT2D eigenvalue weighted by molar-refractivity contribution is 5.94. The summed E-state index contributed by atoms with van der Waals surface area (Å²) < 4.78 is 0. The van der Waals surface area contributed by atoms with Crippen molar-refractivity contribution in [2.24, 2.45) is 5.73 Å². The van der Waals surface area contributed by atoms with Gasteiger partial charge in [0, 0.05) is 31.7 Å². The number of primary amides is 1. The minimum absolute atomic E-state index is 0.00185.